The molecule has 4 heteroatoms. The lowest BCUT2D eigenvalue weighted by Gasteiger charge is -2.21. The molecule has 2 rings (SSSR count). The molecule has 0 fully saturated rings. The van der Waals surface area contributed by atoms with E-state index in [9.17, 15) is 4.39 Å². The van der Waals surface area contributed by atoms with Crippen molar-refractivity contribution in [1.29, 1.82) is 0 Å². The SMILES string of the molecule is CC(C)c1c(CNC(C)(C)C)cnn1-c1ccccc1F. The summed E-state index contributed by atoms with van der Waals surface area (Å²) in [6.45, 7) is 11.3. The number of para-hydroxylation sites is 1. The Morgan fingerprint density at radius 1 is 1.24 bits per heavy atom. The van der Waals surface area contributed by atoms with Crippen LogP contribution < -0.4 is 5.32 Å². The summed E-state index contributed by atoms with van der Waals surface area (Å²) >= 11 is 0. The highest BCUT2D eigenvalue weighted by Gasteiger charge is 2.18. The maximum Gasteiger partial charge on any atom is 0.148 e. The monoisotopic (exact) mass is 289 g/mol. The lowest BCUT2D eigenvalue weighted by molar-refractivity contribution is 0.423. The van der Waals surface area contributed by atoms with Gasteiger partial charge in [0.1, 0.15) is 11.5 Å². The van der Waals surface area contributed by atoms with Crippen molar-refractivity contribution in [3.8, 4) is 5.69 Å². The van der Waals surface area contributed by atoms with Gasteiger partial charge in [0.2, 0.25) is 0 Å². The van der Waals surface area contributed by atoms with Gasteiger partial charge in [-0.05, 0) is 38.8 Å². The number of hydrogen-bond donors (Lipinski definition) is 1. The number of hydrogen-bond acceptors (Lipinski definition) is 2. The first-order chi connectivity index (χ1) is 9.79. The molecule has 0 unspecified atom stereocenters. The molecule has 1 aromatic heterocycles. The molecule has 2 aromatic rings. The van der Waals surface area contributed by atoms with Gasteiger partial charge in [0.15, 0.2) is 0 Å². The van der Waals surface area contributed by atoms with E-state index in [1.807, 2.05) is 12.3 Å². The minimum Gasteiger partial charge on any atom is -0.308 e. The van der Waals surface area contributed by atoms with Crippen molar-refractivity contribution >= 4 is 0 Å². The van der Waals surface area contributed by atoms with Gasteiger partial charge >= 0.3 is 0 Å². The van der Waals surface area contributed by atoms with Crippen molar-refractivity contribution in [2.75, 3.05) is 0 Å². The molecule has 0 aliphatic rings. The Morgan fingerprint density at radius 3 is 2.48 bits per heavy atom. The van der Waals surface area contributed by atoms with Crippen molar-refractivity contribution in [3.05, 3.63) is 47.5 Å². The van der Waals surface area contributed by atoms with Gasteiger partial charge in [0.05, 0.1) is 11.9 Å². The molecular weight excluding hydrogens is 265 g/mol. The fourth-order valence-electron chi connectivity index (χ4n) is 2.32. The van der Waals surface area contributed by atoms with Gasteiger partial charge in [-0.1, -0.05) is 26.0 Å². The number of halogens is 1. The van der Waals surface area contributed by atoms with E-state index in [0.717, 1.165) is 17.8 Å². The average molecular weight is 289 g/mol. The summed E-state index contributed by atoms with van der Waals surface area (Å²) < 4.78 is 15.7. The fourth-order valence-corrected chi connectivity index (χ4v) is 2.32. The van der Waals surface area contributed by atoms with E-state index in [1.165, 1.54) is 6.07 Å². The van der Waals surface area contributed by atoms with E-state index >= 15 is 0 Å². The summed E-state index contributed by atoms with van der Waals surface area (Å²) in [6.07, 6.45) is 1.83. The van der Waals surface area contributed by atoms with Crippen LogP contribution in [0.25, 0.3) is 5.69 Å². The van der Waals surface area contributed by atoms with Crippen LogP contribution in [0.4, 0.5) is 4.39 Å². The molecule has 0 aliphatic heterocycles. The van der Waals surface area contributed by atoms with E-state index in [-0.39, 0.29) is 17.3 Å². The zero-order valence-corrected chi connectivity index (χ0v) is 13.4. The van der Waals surface area contributed by atoms with Crippen LogP contribution in [0.5, 0.6) is 0 Å². The van der Waals surface area contributed by atoms with Crippen molar-refractivity contribution < 1.29 is 4.39 Å². The van der Waals surface area contributed by atoms with Crippen LogP contribution in [-0.2, 0) is 6.54 Å². The molecule has 1 aromatic carbocycles. The molecule has 0 saturated heterocycles. The van der Waals surface area contributed by atoms with Gasteiger partial charge in [0, 0.05) is 17.6 Å². The summed E-state index contributed by atoms with van der Waals surface area (Å²) in [5.41, 5.74) is 2.71. The Balaban J connectivity index is 2.40. The first kappa shape index (κ1) is 15.7. The third-order valence-corrected chi connectivity index (χ3v) is 3.32. The third-order valence-electron chi connectivity index (χ3n) is 3.32. The fraction of sp³-hybridized carbons (Fsp3) is 0.471. The van der Waals surface area contributed by atoms with Crippen molar-refractivity contribution in [3.63, 3.8) is 0 Å². The van der Waals surface area contributed by atoms with Crippen molar-refractivity contribution in [2.45, 2.75) is 52.6 Å². The van der Waals surface area contributed by atoms with Crippen molar-refractivity contribution in [2.24, 2.45) is 0 Å². The molecule has 0 radical (unpaired) electrons. The molecule has 3 nitrogen and oxygen atoms in total. The standard InChI is InChI=1S/C17H24FN3/c1-12(2)16-13(10-19-17(3,4)5)11-20-21(16)15-9-7-6-8-14(15)18/h6-9,11-12,19H,10H2,1-5H3. The van der Waals surface area contributed by atoms with E-state index in [2.05, 4.69) is 45.0 Å². The lowest BCUT2D eigenvalue weighted by atomic mass is 10.0. The van der Waals surface area contributed by atoms with E-state index in [4.69, 9.17) is 0 Å². The topological polar surface area (TPSA) is 29.9 Å². The third kappa shape index (κ3) is 3.70. The van der Waals surface area contributed by atoms with Gasteiger partial charge in [-0.15, -0.1) is 0 Å². The Labute approximate surface area is 126 Å². The largest absolute Gasteiger partial charge is 0.308 e. The molecule has 0 amide bonds. The molecule has 1 N–H and O–H groups in total. The molecule has 0 spiro atoms. The quantitative estimate of drug-likeness (QED) is 0.921. The summed E-state index contributed by atoms with van der Waals surface area (Å²) in [5.74, 6) is 0.0155. The van der Waals surface area contributed by atoms with Gasteiger partial charge in [-0.3, -0.25) is 0 Å². The van der Waals surface area contributed by atoms with Crippen LogP contribution in [0.3, 0.4) is 0 Å². The summed E-state index contributed by atoms with van der Waals surface area (Å²) in [4.78, 5) is 0. The van der Waals surface area contributed by atoms with E-state index in [1.54, 1.807) is 16.8 Å². The van der Waals surface area contributed by atoms with Crippen LogP contribution in [0.2, 0.25) is 0 Å². The Hall–Kier alpha value is -1.68. The highest BCUT2D eigenvalue weighted by molar-refractivity contribution is 5.37. The number of nitrogens with one attached hydrogen (secondary N) is 1. The Kier molecular flexibility index (Phi) is 4.47. The van der Waals surface area contributed by atoms with Crippen LogP contribution in [-0.4, -0.2) is 15.3 Å². The molecule has 21 heavy (non-hydrogen) atoms. The second-order valence-electron chi connectivity index (χ2n) is 6.68. The number of benzene rings is 1. The van der Waals surface area contributed by atoms with E-state index in [0.29, 0.717) is 5.69 Å². The zero-order valence-electron chi connectivity index (χ0n) is 13.4. The second-order valence-corrected chi connectivity index (χ2v) is 6.68. The van der Waals surface area contributed by atoms with Gasteiger partial charge in [0.25, 0.3) is 0 Å². The predicted molar refractivity (Wildman–Crippen MR) is 84.2 cm³/mol. The van der Waals surface area contributed by atoms with Crippen LogP contribution in [0, 0.1) is 5.82 Å². The van der Waals surface area contributed by atoms with Gasteiger partial charge < -0.3 is 5.32 Å². The van der Waals surface area contributed by atoms with Crippen molar-refractivity contribution in [1.82, 2.24) is 15.1 Å². The lowest BCUT2D eigenvalue weighted by Crippen LogP contribution is -2.35. The summed E-state index contributed by atoms with van der Waals surface area (Å²) in [7, 11) is 0. The van der Waals surface area contributed by atoms with Gasteiger partial charge in [-0.2, -0.15) is 5.10 Å². The van der Waals surface area contributed by atoms with E-state index < -0.39 is 0 Å². The molecule has 0 saturated carbocycles. The maximum absolute atomic E-state index is 14.0. The molecule has 0 bridgehead atoms. The summed E-state index contributed by atoms with van der Waals surface area (Å²) in [5, 5.41) is 7.87. The first-order valence-corrected chi connectivity index (χ1v) is 7.36. The Morgan fingerprint density at radius 2 is 1.90 bits per heavy atom. The average Bonchev–Trinajstić information content (AvgIpc) is 2.80. The highest BCUT2D eigenvalue weighted by atomic mass is 19.1. The molecule has 114 valence electrons. The predicted octanol–water partition coefficient (Wildman–Crippen LogP) is 4.02. The molecular formula is C17H24FN3. The van der Waals surface area contributed by atoms with Crippen LogP contribution >= 0.6 is 0 Å². The number of aromatic nitrogens is 2. The van der Waals surface area contributed by atoms with Crippen LogP contribution in [0.1, 0.15) is 51.8 Å². The van der Waals surface area contributed by atoms with Crippen LogP contribution in [0.15, 0.2) is 30.5 Å². The smallest absolute Gasteiger partial charge is 0.148 e. The highest BCUT2D eigenvalue weighted by Crippen LogP contribution is 2.24. The first-order valence-electron chi connectivity index (χ1n) is 7.36. The zero-order chi connectivity index (χ0) is 15.6. The summed E-state index contributed by atoms with van der Waals surface area (Å²) in [6, 6.07) is 6.75. The molecule has 1 heterocycles. The normalized spacial score (nSPS) is 12.1. The Bertz CT molecular complexity index is 609. The maximum atomic E-state index is 14.0. The minimum atomic E-state index is -0.252. The molecule has 0 aliphatic carbocycles. The number of rotatable bonds is 4. The van der Waals surface area contributed by atoms with Gasteiger partial charge in [-0.25, -0.2) is 9.07 Å². The minimum absolute atomic E-state index is 0.0361. The molecule has 0 atom stereocenters. The number of nitrogens with zero attached hydrogens (tertiary/aromatic N) is 2. The second kappa shape index (κ2) is 5.98.